The van der Waals surface area contributed by atoms with Gasteiger partial charge < -0.3 is 10.5 Å². The van der Waals surface area contributed by atoms with Crippen LogP contribution in [0.3, 0.4) is 0 Å². The Morgan fingerprint density at radius 3 is 2.67 bits per heavy atom. The summed E-state index contributed by atoms with van der Waals surface area (Å²) in [5, 5.41) is 0. The molecule has 0 aliphatic heterocycles. The van der Waals surface area contributed by atoms with Gasteiger partial charge in [0.05, 0.1) is 6.61 Å². The van der Waals surface area contributed by atoms with Crippen molar-refractivity contribution in [2.24, 2.45) is 5.73 Å². The lowest BCUT2D eigenvalue weighted by molar-refractivity contribution is 0.316. The van der Waals surface area contributed by atoms with Gasteiger partial charge in [0, 0.05) is 11.6 Å². The Morgan fingerprint density at radius 2 is 2.07 bits per heavy atom. The van der Waals surface area contributed by atoms with Crippen LogP contribution < -0.4 is 10.5 Å². The fourth-order valence-corrected chi connectivity index (χ4v) is 1.40. The number of ether oxygens (including phenoxy) is 1. The highest BCUT2D eigenvalue weighted by Gasteiger charge is 2.11. The highest BCUT2D eigenvalue weighted by Crippen LogP contribution is 2.25. The first-order valence-electron chi connectivity index (χ1n) is 4.99. The molecule has 2 N–H and O–H groups in total. The molecule has 4 heteroatoms. The highest BCUT2D eigenvalue weighted by atomic mass is 19.1. The van der Waals surface area contributed by atoms with Crippen LogP contribution in [0.4, 0.5) is 8.78 Å². The van der Waals surface area contributed by atoms with Gasteiger partial charge in [0.1, 0.15) is 5.82 Å². The van der Waals surface area contributed by atoms with E-state index in [4.69, 9.17) is 10.5 Å². The Labute approximate surface area is 88.0 Å². The monoisotopic (exact) mass is 215 g/mol. The predicted molar refractivity (Wildman–Crippen MR) is 54.9 cm³/mol. The van der Waals surface area contributed by atoms with Crippen molar-refractivity contribution in [2.75, 3.05) is 13.2 Å². The summed E-state index contributed by atoms with van der Waals surface area (Å²) >= 11 is 0. The zero-order valence-electron chi connectivity index (χ0n) is 8.72. The Morgan fingerprint density at radius 1 is 1.33 bits per heavy atom. The molecular formula is C11H15F2NO. The van der Waals surface area contributed by atoms with Crippen molar-refractivity contribution in [3.05, 3.63) is 29.3 Å². The minimum absolute atomic E-state index is 0.146. The summed E-state index contributed by atoms with van der Waals surface area (Å²) < 4.78 is 31.4. The van der Waals surface area contributed by atoms with Gasteiger partial charge in [-0.15, -0.1) is 0 Å². The lowest BCUT2D eigenvalue weighted by Gasteiger charge is -2.10. The molecule has 1 aromatic carbocycles. The lowest BCUT2D eigenvalue weighted by atomic mass is 10.1. The van der Waals surface area contributed by atoms with E-state index in [0.29, 0.717) is 31.6 Å². The highest BCUT2D eigenvalue weighted by molar-refractivity contribution is 5.35. The van der Waals surface area contributed by atoms with Crippen LogP contribution in [-0.2, 0) is 6.42 Å². The van der Waals surface area contributed by atoms with Gasteiger partial charge >= 0.3 is 0 Å². The first-order valence-corrected chi connectivity index (χ1v) is 4.99. The van der Waals surface area contributed by atoms with Gasteiger partial charge in [-0.2, -0.15) is 0 Å². The van der Waals surface area contributed by atoms with E-state index in [0.717, 1.165) is 6.07 Å². The number of halogens is 2. The average molecular weight is 215 g/mol. The maximum Gasteiger partial charge on any atom is 0.168 e. The molecule has 0 bridgehead atoms. The van der Waals surface area contributed by atoms with Crippen molar-refractivity contribution in [1.82, 2.24) is 0 Å². The molecule has 0 amide bonds. The van der Waals surface area contributed by atoms with E-state index in [9.17, 15) is 8.78 Å². The quantitative estimate of drug-likeness (QED) is 0.817. The van der Waals surface area contributed by atoms with Crippen LogP contribution in [0.15, 0.2) is 12.1 Å². The Kier molecular flexibility index (Phi) is 4.49. The van der Waals surface area contributed by atoms with Gasteiger partial charge in [0.15, 0.2) is 11.6 Å². The third-order valence-electron chi connectivity index (χ3n) is 2.02. The summed E-state index contributed by atoms with van der Waals surface area (Å²) in [5.74, 6) is -1.08. The maximum atomic E-state index is 13.3. The number of nitrogens with two attached hydrogens (primary N) is 1. The molecule has 1 aromatic rings. The molecule has 0 fully saturated rings. The van der Waals surface area contributed by atoms with Crippen LogP contribution in [0.25, 0.3) is 0 Å². The first kappa shape index (κ1) is 11.9. The summed E-state index contributed by atoms with van der Waals surface area (Å²) in [6, 6.07) is 2.13. The fraction of sp³-hybridized carbons (Fsp3) is 0.455. The Hall–Kier alpha value is -1.16. The van der Waals surface area contributed by atoms with Gasteiger partial charge in [0.2, 0.25) is 0 Å². The molecule has 0 aliphatic carbocycles. The van der Waals surface area contributed by atoms with Crippen molar-refractivity contribution in [2.45, 2.75) is 19.8 Å². The van der Waals surface area contributed by atoms with E-state index < -0.39 is 11.6 Å². The zero-order valence-corrected chi connectivity index (χ0v) is 8.72. The van der Waals surface area contributed by atoms with Crippen LogP contribution >= 0.6 is 0 Å². The molecular weight excluding hydrogens is 200 g/mol. The Balaban J connectivity index is 2.97. The van der Waals surface area contributed by atoms with E-state index >= 15 is 0 Å². The normalized spacial score (nSPS) is 10.4. The summed E-state index contributed by atoms with van der Waals surface area (Å²) in [6.07, 6.45) is 1.21. The van der Waals surface area contributed by atoms with E-state index in [1.54, 1.807) is 6.92 Å². The molecule has 0 spiro atoms. The number of rotatable bonds is 5. The molecule has 0 atom stereocenters. The zero-order chi connectivity index (χ0) is 11.3. The fourth-order valence-electron chi connectivity index (χ4n) is 1.40. The molecule has 2 nitrogen and oxygen atoms in total. The average Bonchev–Trinajstić information content (AvgIpc) is 2.19. The largest absolute Gasteiger partial charge is 0.491 e. The van der Waals surface area contributed by atoms with Crippen molar-refractivity contribution in [1.29, 1.82) is 0 Å². The molecule has 84 valence electrons. The number of hydrogen-bond acceptors (Lipinski definition) is 2. The van der Waals surface area contributed by atoms with Crippen LogP contribution in [0, 0.1) is 11.6 Å². The molecule has 1 rings (SSSR count). The molecule has 0 heterocycles. The SMILES string of the molecule is CCOc1c(F)cc(F)cc1CCCN. The molecule has 0 radical (unpaired) electrons. The Bertz CT molecular complexity index is 329. The first-order chi connectivity index (χ1) is 7.19. The summed E-state index contributed by atoms with van der Waals surface area (Å²) in [7, 11) is 0. The van der Waals surface area contributed by atoms with Gasteiger partial charge in [-0.3, -0.25) is 0 Å². The van der Waals surface area contributed by atoms with Crippen LogP contribution in [0.2, 0.25) is 0 Å². The van der Waals surface area contributed by atoms with E-state index in [-0.39, 0.29) is 5.75 Å². The number of aryl methyl sites for hydroxylation is 1. The second-order valence-electron chi connectivity index (χ2n) is 3.20. The van der Waals surface area contributed by atoms with Gasteiger partial charge in [-0.25, -0.2) is 8.78 Å². The number of benzene rings is 1. The van der Waals surface area contributed by atoms with Crippen molar-refractivity contribution < 1.29 is 13.5 Å². The minimum atomic E-state index is -0.649. The second-order valence-corrected chi connectivity index (χ2v) is 3.20. The maximum absolute atomic E-state index is 13.3. The van der Waals surface area contributed by atoms with Crippen molar-refractivity contribution in [3.8, 4) is 5.75 Å². The van der Waals surface area contributed by atoms with Gasteiger partial charge in [-0.05, 0) is 32.4 Å². The standard InChI is InChI=1S/C11H15F2NO/c1-2-15-11-8(4-3-5-14)6-9(12)7-10(11)13/h6-7H,2-5,14H2,1H3. The summed E-state index contributed by atoms with van der Waals surface area (Å²) in [4.78, 5) is 0. The topological polar surface area (TPSA) is 35.2 Å². The molecule has 0 saturated heterocycles. The summed E-state index contributed by atoms with van der Waals surface area (Å²) in [6.45, 7) is 2.61. The molecule has 0 saturated carbocycles. The van der Waals surface area contributed by atoms with Crippen molar-refractivity contribution >= 4 is 0 Å². The van der Waals surface area contributed by atoms with Gasteiger partial charge in [-0.1, -0.05) is 0 Å². The summed E-state index contributed by atoms with van der Waals surface area (Å²) in [5.41, 5.74) is 5.89. The number of hydrogen-bond donors (Lipinski definition) is 1. The minimum Gasteiger partial charge on any atom is -0.491 e. The third-order valence-corrected chi connectivity index (χ3v) is 2.02. The molecule has 0 aromatic heterocycles. The molecule has 15 heavy (non-hydrogen) atoms. The van der Waals surface area contributed by atoms with Crippen LogP contribution in [0.5, 0.6) is 5.75 Å². The van der Waals surface area contributed by atoms with Crippen LogP contribution in [-0.4, -0.2) is 13.2 Å². The lowest BCUT2D eigenvalue weighted by Crippen LogP contribution is -2.04. The van der Waals surface area contributed by atoms with E-state index in [1.165, 1.54) is 6.07 Å². The smallest absolute Gasteiger partial charge is 0.168 e. The third kappa shape index (κ3) is 3.16. The van der Waals surface area contributed by atoms with Crippen LogP contribution in [0.1, 0.15) is 18.9 Å². The molecule has 0 unspecified atom stereocenters. The van der Waals surface area contributed by atoms with E-state index in [2.05, 4.69) is 0 Å². The second kappa shape index (κ2) is 5.66. The molecule has 0 aliphatic rings. The van der Waals surface area contributed by atoms with Crippen molar-refractivity contribution in [3.63, 3.8) is 0 Å². The van der Waals surface area contributed by atoms with E-state index in [1.807, 2.05) is 0 Å². The van der Waals surface area contributed by atoms with Gasteiger partial charge in [0.25, 0.3) is 0 Å². The predicted octanol–water partition coefficient (Wildman–Crippen LogP) is 2.25.